The van der Waals surface area contributed by atoms with Crippen LogP contribution in [-0.4, -0.2) is 11.9 Å². The summed E-state index contributed by atoms with van der Waals surface area (Å²) in [5.74, 6) is 1.18. The molecule has 4 heteroatoms. The molecule has 1 aromatic carbocycles. The van der Waals surface area contributed by atoms with E-state index in [1.165, 1.54) is 0 Å². The molecule has 0 saturated carbocycles. The van der Waals surface area contributed by atoms with Gasteiger partial charge in [-0.15, -0.1) is 0 Å². The molecule has 0 saturated heterocycles. The molecule has 1 aromatic rings. The number of halogens is 1. The number of ether oxygens (including phenoxy) is 2. The molecule has 76 valence electrons. The Morgan fingerprint density at radius 3 is 2.71 bits per heavy atom. The van der Waals surface area contributed by atoms with E-state index in [1.807, 2.05) is 0 Å². The van der Waals surface area contributed by atoms with Crippen molar-refractivity contribution >= 4 is 11.6 Å². The molecule has 0 aromatic heterocycles. The Kier molecular flexibility index (Phi) is 2.09. The second kappa shape index (κ2) is 3.04. The van der Waals surface area contributed by atoms with Crippen LogP contribution in [-0.2, 0) is 5.60 Å². The highest BCUT2D eigenvalue weighted by Crippen LogP contribution is 2.42. The molecule has 1 heterocycles. The Hall–Kier alpha value is -0.930. The van der Waals surface area contributed by atoms with Gasteiger partial charge in [-0.05, 0) is 19.9 Å². The molecule has 1 aliphatic heterocycles. The highest BCUT2D eigenvalue weighted by Gasteiger charge is 2.27. The van der Waals surface area contributed by atoms with E-state index in [1.54, 1.807) is 26.0 Å². The number of fused-ring (bicyclic) bond motifs is 1. The van der Waals surface area contributed by atoms with Crippen LogP contribution in [0.5, 0.6) is 11.5 Å². The van der Waals surface area contributed by atoms with Crippen molar-refractivity contribution in [1.29, 1.82) is 0 Å². The van der Waals surface area contributed by atoms with Gasteiger partial charge in [-0.2, -0.15) is 0 Å². The van der Waals surface area contributed by atoms with Crippen LogP contribution >= 0.6 is 11.6 Å². The quantitative estimate of drug-likeness (QED) is 0.780. The van der Waals surface area contributed by atoms with Crippen molar-refractivity contribution in [1.82, 2.24) is 0 Å². The third kappa shape index (κ3) is 1.53. The van der Waals surface area contributed by atoms with Crippen molar-refractivity contribution in [2.45, 2.75) is 19.4 Å². The Morgan fingerprint density at radius 1 is 1.36 bits per heavy atom. The van der Waals surface area contributed by atoms with E-state index in [9.17, 15) is 5.11 Å². The van der Waals surface area contributed by atoms with Crippen molar-refractivity contribution < 1.29 is 14.6 Å². The summed E-state index contributed by atoms with van der Waals surface area (Å²) in [7, 11) is 0. The Bertz CT molecular complexity index is 368. The van der Waals surface area contributed by atoms with Gasteiger partial charge in [0, 0.05) is 16.7 Å². The average Bonchev–Trinajstić information content (AvgIpc) is 2.47. The number of aliphatic hydroxyl groups is 1. The lowest BCUT2D eigenvalue weighted by Gasteiger charge is -2.19. The van der Waals surface area contributed by atoms with Crippen LogP contribution in [0.1, 0.15) is 19.4 Å². The van der Waals surface area contributed by atoms with Crippen molar-refractivity contribution in [2.75, 3.05) is 6.79 Å². The third-order valence-electron chi connectivity index (χ3n) is 2.10. The van der Waals surface area contributed by atoms with Crippen molar-refractivity contribution in [3.8, 4) is 11.5 Å². The van der Waals surface area contributed by atoms with Gasteiger partial charge >= 0.3 is 0 Å². The molecule has 1 aliphatic rings. The average molecular weight is 215 g/mol. The second-order valence-electron chi connectivity index (χ2n) is 3.75. The molecule has 14 heavy (non-hydrogen) atoms. The minimum absolute atomic E-state index is 0.179. The standard InChI is InChI=1S/C10H11ClO3/c1-10(2,12)7-3-6(11)4-8-9(7)14-5-13-8/h3-4,12H,5H2,1-2H3. The minimum Gasteiger partial charge on any atom is -0.454 e. The first-order valence-corrected chi connectivity index (χ1v) is 4.68. The predicted molar refractivity (Wildman–Crippen MR) is 52.8 cm³/mol. The lowest BCUT2D eigenvalue weighted by molar-refractivity contribution is 0.0744. The highest BCUT2D eigenvalue weighted by molar-refractivity contribution is 6.30. The topological polar surface area (TPSA) is 38.7 Å². The molecular formula is C10H11ClO3. The first-order chi connectivity index (χ1) is 6.48. The number of hydrogen-bond acceptors (Lipinski definition) is 3. The molecule has 0 radical (unpaired) electrons. The SMILES string of the molecule is CC(C)(O)c1cc(Cl)cc2c1OCO2. The van der Waals surface area contributed by atoms with Crippen LogP contribution in [0.4, 0.5) is 0 Å². The maximum atomic E-state index is 9.88. The number of hydrogen-bond donors (Lipinski definition) is 1. The van der Waals surface area contributed by atoms with Gasteiger partial charge in [0.2, 0.25) is 6.79 Å². The molecule has 0 fully saturated rings. The zero-order valence-electron chi connectivity index (χ0n) is 8.00. The molecule has 3 nitrogen and oxygen atoms in total. The van der Waals surface area contributed by atoms with Crippen molar-refractivity contribution in [2.24, 2.45) is 0 Å². The summed E-state index contributed by atoms with van der Waals surface area (Å²) >= 11 is 5.89. The van der Waals surface area contributed by atoms with E-state index in [0.29, 0.717) is 22.1 Å². The fourth-order valence-corrected chi connectivity index (χ4v) is 1.64. The summed E-state index contributed by atoms with van der Waals surface area (Å²) in [6, 6.07) is 3.37. The van der Waals surface area contributed by atoms with E-state index in [-0.39, 0.29) is 6.79 Å². The van der Waals surface area contributed by atoms with Crippen LogP contribution in [0.3, 0.4) is 0 Å². The molecule has 2 rings (SSSR count). The maximum absolute atomic E-state index is 9.88. The normalized spacial score (nSPS) is 14.6. The molecule has 0 amide bonds. The fraction of sp³-hybridized carbons (Fsp3) is 0.400. The first-order valence-electron chi connectivity index (χ1n) is 4.30. The van der Waals surface area contributed by atoms with Crippen LogP contribution < -0.4 is 9.47 Å². The summed E-state index contributed by atoms with van der Waals surface area (Å²) < 4.78 is 10.5. The van der Waals surface area contributed by atoms with Gasteiger partial charge in [0.25, 0.3) is 0 Å². The summed E-state index contributed by atoms with van der Waals surface area (Å²) in [5.41, 5.74) is -0.333. The maximum Gasteiger partial charge on any atom is 0.231 e. The highest BCUT2D eigenvalue weighted by atomic mass is 35.5. The largest absolute Gasteiger partial charge is 0.454 e. The summed E-state index contributed by atoms with van der Waals surface area (Å²) in [5, 5.41) is 10.4. The monoisotopic (exact) mass is 214 g/mol. The number of benzene rings is 1. The lowest BCUT2D eigenvalue weighted by Crippen LogP contribution is -2.16. The molecule has 0 spiro atoms. The van der Waals surface area contributed by atoms with E-state index in [0.717, 1.165) is 0 Å². The molecule has 0 bridgehead atoms. The zero-order valence-corrected chi connectivity index (χ0v) is 8.76. The zero-order chi connectivity index (χ0) is 10.3. The van der Waals surface area contributed by atoms with Crippen molar-refractivity contribution in [3.63, 3.8) is 0 Å². The number of rotatable bonds is 1. The van der Waals surface area contributed by atoms with Gasteiger partial charge in [-0.25, -0.2) is 0 Å². The van der Waals surface area contributed by atoms with Gasteiger partial charge in [0.1, 0.15) is 0 Å². The van der Waals surface area contributed by atoms with Crippen molar-refractivity contribution in [3.05, 3.63) is 22.7 Å². The van der Waals surface area contributed by atoms with Gasteiger partial charge in [0.15, 0.2) is 11.5 Å². The Morgan fingerprint density at radius 2 is 2.07 bits per heavy atom. The van der Waals surface area contributed by atoms with Crippen LogP contribution in [0.2, 0.25) is 5.02 Å². The Labute approximate surface area is 87.2 Å². The second-order valence-corrected chi connectivity index (χ2v) is 4.18. The fourth-order valence-electron chi connectivity index (χ4n) is 1.43. The van der Waals surface area contributed by atoms with E-state index >= 15 is 0 Å². The van der Waals surface area contributed by atoms with Crippen LogP contribution in [0, 0.1) is 0 Å². The van der Waals surface area contributed by atoms with Crippen LogP contribution in [0.25, 0.3) is 0 Å². The lowest BCUT2D eigenvalue weighted by atomic mass is 9.97. The smallest absolute Gasteiger partial charge is 0.231 e. The molecular weight excluding hydrogens is 204 g/mol. The molecule has 0 atom stereocenters. The van der Waals surface area contributed by atoms with Gasteiger partial charge < -0.3 is 14.6 Å². The minimum atomic E-state index is -0.983. The summed E-state index contributed by atoms with van der Waals surface area (Å²) in [4.78, 5) is 0. The predicted octanol–water partition coefficient (Wildman–Crippen LogP) is 2.30. The Balaban J connectivity index is 2.60. The first kappa shape index (κ1) is 9.62. The van der Waals surface area contributed by atoms with Gasteiger partial charge in [0.05, 0.1) is 5.60 Å². The van der Waals surface area contributed by atoms with Gasteiger partial charge in [-0.1, -0.05) is 11.6 Å². The third-order valence-corrected chi connectivity index (χ3v) is 2.31. The van der Waals surface area contributed by atoms with Gasteiger partial charge in [-0.3, -0.25) is 0 Å². The molecule has 0 aliphatic carbocycles. The molecule has 0 unspecified atom stereocenters. The summed E-state index contributed by atoms with van der Waals surface area (Å²) in [6.07, 6.45) is 0. The molecule has 1 N–H and O–H groups in total. The van der Waals surface area contributed by atoms with Crippen LogP contribution in [0.15, 0.2) is 12.1 Å². The summed E-state index contributed by atoms with van der Waals surface area (Å²) in [6.45, 7) is 3.54. The van der Waals surface area contributed by atoms with E-state index < -0.39 is 5.60 Å². The van der Waals surface area contributed by atoms with E-state index in [4.69, 9.17) is 21.1 Å². The van der Waals surface area contributed by atoms with E-state index in [2.05, 4.69) is 0 Å².